The van der Waals surface area contributed by atoms with Crippen LogP contribution in [0.3, 0.4) is 0 Å². The third kappa shape index (κ3) is 1.29. The first-order chi connectivity index (χ1) is 7.27. The van der Waals surface area contributed by atoms with Gasteiger partial charge in [-0.25, -0.2) is 0 Å². The van der Waals surface area contributed by atoms with E-state index < -0.39 is 0 Å². The average Bonchev–Trinajstić information content (AvgIpc) is 2.43. The van der Waals surface area contributed by atoms with Gasteiger partial charge >= 0.3 is 0 Å². The van der Waals surface area contributed by atoms with E-state index in [-0.39, 0.29) is 0 Å². The molecule has 1 aromatic heterocycles. The van der Waals surface area contributed by atoms with Crippen LogP contribution in [0.4, 0.5) is 5.69 Å². The number of halogens is 1. The van der Waals surface area contributed by atoms with Gasteiger partial charge in [0.15, 0.2) is 0 Å². The number of hydrogen-bond donors (Lipinski definition) is 2. The Balaban J connectivity index is 2.24. The maximum atomic E-state index is 5.98. The highest BCUT2D eigenvalue weighted by Gasteiger charge is 2.24. The zero-order valence-electron chi connectivity index (χ0n) is 8.39. The molecule has 3 rings (SSSR count). The molecule has 1 aliphatic rings. The molecule has 2 nitrogen and oxygen atoms in total. The Morgan fingerprint density at radius 2 is 2.13 bits per heavy atom. The number of anilines is 1. The number of H-pyrrole nitrogens is 1. The van der Waals surface area contributed by atoms with Gasteiger partial charge in [0.1, 0.15) is 0 Å². The van der Waals surface area contributed by atoms with Gasteiger partial charge in [0.05, 0.1) is 0 Å². The summed E-state index contributed by atoms with van der Waals surface area (Å²) in [5.41, 5.74) is 9.30. The molecule has 0 aliphatic heterocycles. The van der Waals surface area contributed by atoms with Crippen LogP contribution in [-0.2, 0) is 0 Å². The van der Waals surface area contributed by atoms with Crippen LogP contribution < -0.4 is 5.73 Å². The van der Waals surface area contributed by atoms with E-state index >= 15 is 0 Å². The van der Waals surface area contributed by atoms with Gasteiger partial charge in [-0.15, -0.1) is 0 Å². The minimum absolute atomic E-state index is 0.700. The van der Waals surface area contributed by atoms with Crippen LogP contribution in [0.5, 0.6) is 0 Å². The van der Waals surface area contributed by atoms with Gasteiger partial charge in [0, 0.05) is 32.7 Å². The number of aromatic amines is 1. The molecule has 0 radical (unpaired) electrons. The Bertz CT molecular complexity index is 512. The highest BCUT2D eigenvalue weighted by molar-refractivity contribution is 9.10. The molecule has 0 unspecified atom stereocenters. The fourth-order valence-corrected chi connectivity index (χ4v) is 3.10. The zero-order valence-corrected chi connectivity index (χ0v) is 9.97. The fourth-order valence-electron chi connectivity index (χ4n) is 2.23. The normalized spacial score (nSPS) is 16.9. The Hall–Kier alpha value is -0.960. The summed E-state index contributed by atoms with van der Waals surface area (Å²) in [6.07, 6.45) is 3.94. The first-order valence-electron chi connectivity index (χ1n) is 5.33. The third-order valence-electron chi connectivity index (χ3n) is 3.34. The average molecular weight is 265 g/mol. The van der Waals surface area contributed by atoms with Crippen LogP contribution in [0.2, 0.25) is 0 Å². The van der Waals surface area contributed by atoms with Gasteiger partial charge in [-0.3, -0.25) is 0 Å². The lowest BCUT2D eigenvalue weighted by molar-refractivity contribution is 0.412. The first kappa shape index (κ1) is 9.28. The second-order valence-corrected chi connectivity index (χ2v) is 5.04. The van der Waals surface area contributed by atoms with Crippen LogP contribution in [0.1, 0.15) is 30.9 Å². The Morgan fingerprint density at radius 3 is 2.73 bits per heavy atom. The van der Waals surface area contributed by atoms with E-state index in [0.717, 1.165) is 16.6 Å². The summed E-state index contributed by atoms with van der Waals surface area (Å²) in [7, 11) is 0. The van der Waals surface area contributed by atoms with Crippen molar-refractivity contribution in [2.75, 3.05) is 5.73 Å². The van der Waals surface area contributed by atoms with Crippen molar-refractivity contribution in [2.45, 2.75) is 25.2 Å². The molecule has 1 aliphatic carbocycles. The number of nitrogens with two attached hydrogens (primary N) is 1. The molecule has 1 heterocycles. The van der Waals surface area contributed by atoms with E-state index in [9.17, 15) is 0 Å². The molecule has 3 N–H and O–H groups in total. The van der Waals surface area contributed by atoms with Gasteiger partial charge in [-0.1, -0.05) is 12.5 Å². The van der Waals surface area contributed by atoms with Crippen LogP contribution in [0.25, 0.3) is 10.9 Å². The lowest BCUT2D eigenvalue weighted by atomic mass is 9.83. The van der Waals surface area contributed by atoms with Gasteiger partial charge < -0.3 is 10.7 Å². The SMILES string of the molecule is Nc1cccc2[nH]c(C3CCC3)c(Br)c12. The molecule has 15 heavy (non-hydrogen) atoms. The largest absolute Gasteiger partial charge is 0.398 e. The van der Waals surface area contributed by atoms with E-state index in [1.165, 1.54) is 29.4 Å². The van der Waals surface area contributed by atoms with Crippen molar-refractivity contribution in [1.29, 1.82) is 0 Å². The van der Waals surface area contributed by atoms with Crippen molar-refractivity contribution >= 4 is 32.5 Å². The lowest BCUT2D eigenvalue weighted by Gasteiger charge is -2.24. The summed E-state index contributed by atoms with van der Waals surface area (Å²) in [4.78, 5) is 3.48. The van der Waals surface area contributed by atoms with Crippen molar-refractivity contribution in [2.24, 2.45) is 0 Å². The van der Waals surface area contributed by atoms with Crippen molar-refractivity contribution in [3.8, 4) is 0 Å². The van der Waals surface area contributed by atoms with E-state index in [2.05, 4.69) is 27.0 Å². The van der Waals surface area contributed by atoms with Crippen LogP contribution >= 0.6 is 15.9 Å². The molecule has 0 atom stereocenters. The number of fused-ring (bicyclic) bond motifs is 1. The number of hydrogen-bond acceptors (Lipinski definition) is 1. The topological polar surface area (TPSA) is 41.8 Å². The summed E-state index contributed by atoms with van der Waals surface area (Å²) in [6, 6.07) is 6.02. The van der Waals surface area contributed by atoms with Crippen molar-refractivity contribution in [1.82, 2.24) is 4.98 Å². The number of aromatic nitrogens is 1. The van der Waals surface area contributed by atoms with E-state index in [1.54, 1.807) is 0 Å². The second kappa shape index (κ2) is 3.27. The molecular formula is C12H13BrN2. The Kier molecular flexibility index (Phi) is 2.02. The van der Waals surface area contributed by atoms with Crippen molar-refractivity contribution in [3.63, 3.8) is 0 Å². The van der Waals surface area contributed by atoms with Crippen LogP contribution in [-0.4, -0.2) is 4.98 Å². The molecule has 1 fully saturated rings. The van der Waals surface area contributed by atoms with Gasteiger partial charge in [-0.2, -0.15) is 0 Å². The molecule has 0 bridgehead atoms. The van der Waals surface area contributed by atoms with Gasteiger partial charge in [-0.05, 0) is 40.9 Å². The Morgan fingerprint density at radius 1 is 1.33 bits per heavy atom. The summed E-state index contributed by atoms with van der Waals surface area (Å²) in [6.45, 7) is 0. The predicted octanol–water partition coefficient (Wildman–Crippen LogP) is 3.78. The summed E-state index contributed by atoms with van der Waals surface area (Å²) < 4.78 is 1.17. The quantitative estimate of drug-likeness (QED) is 0.757. The smallest absolute Gasteiger partial charge is 0.0488 e. The first-order valence-corrected chi connectivity index (χ1v) is 6.12. The van der Waals surface area contributed by atoms with Crippen molar-refractivity contribution < 1.29 is 0 Å². The third-order valence-corrected chi connectivity index (χ3v) is 4.16. The van der Waals surface area contributed by atoms with E-state index in [1.807, 2.05) is 12.1 Å². The van der Waals surface area contributed by atoms with Gasteiger partial charge in [0.25, 0.3) is 0 Å². The molecule has 1 aromatic carbocycles. The summed E-state index contributed by atoms with van der Waals surface area (Å²) in [5, 5.41) is 1.14. The van der Waals surface area contributed by atoms with E-state index in [0.29, 0.717) is 5.92 Å². The van der Waals surface area contributed by atoms with Crippen LogP contribution in [0, 0.1) is 0 Å². The minimum Gasteiger partial charge on any atom is -0.398 e. The maximum absolute atomic E-state index is 5.98. The number of benzene rings is 1. The Labute approximate surface area is 97.0 Å². The molecule has 2 aromatic rings. The van der Waals surface area contributed by atoms with Crippen molar-refractivity contribution in [3.05, 3.63) is 28.4 Å². The summed E-state index contributed by atoms with van der Waals surface area (Å²) >= 11 is 3.67. The highest BCUT2D eigenvalue weighted by atomic mass is 79.9. The number of nitrogen functional groups attached to an aromatic ring is 1. The molecule has 78 valence electrons. The van der Waals surface area contributed by atoms with Crippen LogP contribution in [0.15, 0.2) is 22.7 Å². The fraction of sp³-hybridized carbons (Fsp3) is 0.333. The second-order valence-electron chi connectivity index (χ2n) is 4.25. The predicted molar refractivity (Wildman–Crippen MR) is 67.0 cm³/mol. The maximum Gasteiger partial charge on any atom is 0.0488 e. The molecular weight excluding hydrogens is 252 g/mol. The molecule has 3 heteroatoms. The number of nitrogens with one attached hydrogen (secondary N) is 1. The molecule has 1 saturated carbocycles. The summed E-state index contributed by atoms with van der Waals surface area (Å²) in [5.74, 6) is 0.700. The zero-order chi connectivity index (χ0) is 10.4. The standard InChI is InChI=1S/C12H13BrN2/c13-11-10-8(14)5-2-6-9(10)15-12(11)7-3-1-4-7/h2,5-7,15H,1,3-4,14H2. The molecule has 0 amide bonds. The van der Waals surface area contributed by atoms with E-state index in [4.69, 9.17) is 5.73 Å². The van der Waals surface area contributed by atoms with Gasteiger partial charge in [0.2, 0.25) is 0 Å². The number of rotatable bonds is 1. The minimum atomic E-state index is 0.700. The lowest BCUT2D eigenvalue weighted by Crippen LogP contribution is -2.09. The highest BCUT2D eigenvalue weighted by Crippen LogP contribution is 2.43. The monoisotopic (exact) mass is 264 g/mol. The molecule has 0 saturated heterocycles. The molecule has 0 spiro atoms.